The summed E-state index contributed by atoms with van der Waals surface area (Å²) in [4.78, 5) is 22.7. The normalized spacial score (nSPS) is 10.9. The molecule has 23 heavy (non-hydrogen) atoms. The Labute approximate surface area is 140 Å². The largest absolute Gasteiger partial charge is 0.481 e. The van der Waals surface area contributed by atoms with Crippen LogP contribution in [0.15, 0.2) is 39.2 Å². The van der Waals surface area contributed by atoms with Crippen molar-refractivity contribution < 1.29 is 19.2 Å². The Balaban J connectivity index is 2.10. The summed E-state index contributed by atoms with van der Waals surface area (Å²) >= 11 is 3.31. The van der Waals surface area contributed by atoms with E-state index in [1.807, 2.05) is 11.9 Å². The number of hydrogen-bond donors (Lipinski definition) is 1. The number of benzene rings is 1. The predicted octanol–water partition coefficient (Wildman–Crippen LogP) is 3.52. The van der Waals surface area contributed by atoms with E-state index in [0.717, 1.165) is 5.56 Å². The molecular weight excluding hydrogens is 368 g/mol. The smallest absolute Gasteiger partial charge is 0.304 e. The zero-order valence-corrected chi connectivity index (χ0v) is 13.9. The molecular formula is C15H15BrN2O5. The van der Waals surface area contributed by atoms with E-state index in [9.17, 15) is 14.9 Å². The first kappa shape index (κ1) is 17.2. The number of nitro groups is 1. The molecule has 0 amide bonds. The van der Waals surface area contributed by atoms with E-state index < -0.39 is 10.9 Å². The highest BCUT2D eigenvalue weighted by Gasteiger charge is 2.14. The molecule has 2 rings (SSSR count). The minimum Gasteiger partial charge on any atom is -0.481 e. The molecule has 8 heteroatoms. The van der Waals surface area contributed by atoms with Crippen molar-refractivity contribution in [3.8, 4) is 11.3 Å². The lowest BCUT2D eigenvalue weighted by Crippen LogP contribution is -2.20. The van der Waals surface area contributed by atoms with Gasteiger partial charge < -0.3 is 9.52 Å². The number of carbonyl (C=O) groups is 1. The highest BCUT2D eigenvalue weighted by Crippen LogP contribution is 2.32. The molecule has 1 N–H and O–H groups in total. The van der Waals surface area contributed by atoms with Crippen molar-refractivity contribution in [1.82, 2.24) is 4.90 Å². The van der Waals surface area contributed by atoms with Gasteiger partial charge in [0, 0.05) is 28.7 Å². The third kappa shape index (κ3) is 4.64. The summed E-state index contributed by atoms with van der Waals surface area (Å²) in [5.74, 6) is 0.443. The maximum absolute atomic E-state index is 10.7. The van der Waals surface area contributed by atoms with Gasteiger partial charge in [0.15, 0.2) is 0 Å². The van der Waals surface area contributed by atoms with Crippen LogP contribution in [0, 0.1) is 10.1 Å². The second kappa shape index (κ2) is 7.38. The number of rotatable bonds is 7. The fourth-order valence-electron chi connectivity index (χ4n) is 2.06. The van der Waals surface area contributed by atoms with Crippen LogP contribution in [-0.4, -0.2) is 34.5 Å². The molecule has 0 saturated carbocycles. The number of carboxylic acids is 1. The Morgan fingerprint density at radius 3 is 2.74 bits per heavy atom. The lowest BCUT2D eigenvalue weighted by atomic mass is 10.1. The van der Waals surface area contributed by atoms with Crippen LogP contribution in [0.4, 0.5) is 5.69 Å². The topological polar surface area (TPSA) is 96.8 Å². The second-order valence-corrected chi connectivity index (χ2v) is 5.92. The quantitative estimate of drug-likeness (QED) is 0.581. The Bertz CT molecular complexity index is 728. The van der Waals surface area contributed by atoms with Gasteiger partial charge in [-0.1, -0.05) is 0 Å². The maximum atomic E-state index is 10.7. The molecule has 0 atom stereocenters. The molecule has 0 radical (unpaired) electrons. The molecule has 0 spiro atoms. The van der Waals surface area contributed by atoms with Gasteiger partial charge in [0.2, 0.25) is 0 Å². The molecule has 0 saturated heterocycles. The molecule has 2 aromatic rings. The highest BCUT2D eigenvalue weighted by atomic mass is 79.9. The van der Waals surface area contributed by atoms with Crippen LogP contribution in [0.25, 0.3) is 11.3 Å². The van der Waals surface area contributed by atoms with Crippen molar-refractivity contribution in [1.29, 1.82) is 0 Å². The van der Waals surface area contributed by atoms with Gasteiger partial charge in [0.05, 0.1) is 17.9 Å². The number of non-ortho nitro benzene ring substituents is 1. The maximum Gasteiger partial charge on any atom is 0.304 e. The summed E-state index contributed by atoms with van der Waals surface area (Å²) in [5.41, 5.74) is 0.718. The van der Waals surface area contributed by atoms with Crippen LogP contribution in [0.1, 0.15) is 12.2 Å². The van der Waals surface area contributed by atoms with E-state index in [1.165, 1.54) is 12.1 Å². The number of furan rings is 1. The molecule has 0 fully saturated rings. The number of nitro benzene ring substituents is 1. The Kier molecular flexibility index (Phi) is 5.51. The van der Waals surface area contributed by atoms with Gasteiger partial charge >= 0.3 is 5.97 Å². The van der Waals surface area contributed by atoms with Crippen LogP contribution < -0.4 is 0 Å². The molecule has 7 nitrogen and oxygen atoms in total. The standard InChI is InChI=1S/C15H15BrN2O5/c1-17(7-6-15(19)20)9-11-3-5-14(23-11)12-4-2-10(18(21)22)8-13(12)16/h2-5,8H,6-7,9H2,1H3,(H,19,20). The van der Waals surface area contributed by atoms with Gasteiger partial charge in [-0.3, -0.25) is 19.8 Å². The molecule has 0 bridgehead atoms. The number of carboxylic acid groups (broad SMARTS) is 1. The van der Waals surface area contributed by atoms with E-state index >= 15 is 0 Å². The number of nitrogens with zero attached hydrogens (tertiary/aromatic N) is 2. The van der Waals surface area contributed by atoms with E-state index in [0.29, 0.717) is 29.1 Å². The Morgan fingerprint density at radius 2 is 2.13 bits per heavy atom. The molecule has 0 aliphatic heterocycles. The number of halogens is 1. The zero-order chi connectivity index (χ0) is 17.0. The summed E-state index contributed by atoms with van der Waals surface area (Å²) in [6.07, 6.45) is 0.0674. The van der Waals surface area contributed by atoms with Crippen LogP contribution in [-0.2, 0) is 11.3 Å². The van der Waals surface area contributed by atoms with E-state index in [2.05, 4.69) is 15.9 Å². The van der Waals surface area contributed by atoms with Gasteiger partial charge in [-0.2, -0.15) is 0 Å². The van der Waals surface area contributed by atoms with Crippen LogP contribution >= 0.6 is 15.9 Å². The summed E-state index contributed by atoms with van der Waals surface area (Å²) in [7, 11) is 1.81. The van der Waals surface area contributed by atoms with E-state index in [4.69, 9.17) is 9.52 Å². The molecule has 1 aromatic carbocycles. The summed E-state index contributed by atoms with van der Waals surface area (Å²) in [6.45, 7) is 0.907. The highest BCUT2D eigenvalue weighted by molar-refractivity contribution is 9.10. The van der Waals surface area contributed by atoms with Gasteiger partial charge in [-0.25, -0.2) is 0 Å². The minimum absolute atomic E-state index is 0.000749. The first-order valence-corrected chi connectivity index (χ1v) is 7.59. The third-order valence-electron chi connectivity index (χ3n) is 3.22. The average Bonchev–Trinajstić information content (AvgIpc) is 2.93. The lowest BCUT2D eigenvalue weighted by Gasteiger charge is -2.13. The number of hydrogen-bond acceptors (Lipinski definition) is 5. The van der Waals surface area contributed by atoms with Crippen LogP contribution in [0.3, 0.4) is 0 Å². The van der Waals surface area contributed by atoms with Gasteiger partial charge in [-0.05, 0) is 41.2 Å². The fourth-order valence-corrected chi connectivity index (χ4v) is 2.62. The summed E-state index contributed by atoms with van der Waals surface area (Å²) in [6, 6.07) is 8.06. The summed E-state index contributed by atoms with van der Waals surface area (Å²) < 4.78 is 6.32. The van der Waals surface area contributed by atoms with Crippen molar-refractivity contribution in [2.24, 2.45) is 0 Å². The van der Waals surface area contributed by atoms with Crippen molar-refractivity contribution in [2.75, 3.05) is 13.6 Å². The van der Waals surface area contributed by atoms with Crippen LogP contribution in [0.5, 0.6) is 0 Å². The molecule has 1 aromatic heterocycles. The molecule has 0 aliphatic carbocycles. The average molecular weight is 383 g/mol. The zero-order valence-electron chi connectivity index (χ0n) is 12.4. The van der Waals surface area contributed by atoms with Gasteiger partial charge in [-0.15, -0.1) is 0 Å². The van der Waals surface area contributed by atoms with Crippen molar-refractivity contribution in [3.63, 3.8) is 0 Å². The summed E-state index contributed by atoms with van der Waals surface area (Å²) in [5, 5.41) is 19.4. The van der Waals surface area contributed by atoms with Crippen molar-refractivity contribution >= 4 is 27.6 Å². The SMILES string of the molecule is CN(CCC(=O)O)Cc1ccc(-c2ccc([N+](=O)[O-])cc2Br)o1. The molecule has 0 aliphatic rings. The first-order valence-electron chi connectivity index (χ1n) is 6.80. The molecule has 0 unspecified atom stereocenters. The van der Waals surface area contributed by atoms with Crippen molar-refractivity contribution in [3.05, 3.63) is 50.7 Å². The fraction of sp³-hybridized carbons (Fsp3) is 0.267. The van der Waals surface area contributed by atoms with Gasteiger partial charge in [0.25, 0.3) is 5.69 Å². The monoisotopic (exact) mass is 382 g/mol. The van der Waals surface area contributed by atoms with Crippen LogP contribution in [0.2, 0.25) is 0 Å². The minimum atomic E-state index is -0.841. The first-order chi connectivity index (χ1) is 10.9. The number of aliphatic carboxylic acids is 1. The predicted molar refractivity (Wildman–Crippen MR) is 87.1 cm³/mol. The Morgan fingerprint density at radius 1 is 1.39 bits per heavy atom. The molecule has 1 heterocycles. The Hall–Kier alpha value is -2.19. The molecule has 122 valence electrons. The second-order valence-electron chi connectivity index (χ2n) is 5.07. The van der Waals surface area contributed by atoms with Gasteiger partial charge in [0.1, 0.15) is 11.5 Å². The third-order valence-corrected chi connectivity index (χ3v) is 3.88. The lowest BCUT2D eigenvalue weighted by molar-refractivity contribution is -0.384. The van der Waals surface area contributed by atoms with Crippen molar-refractivity contribution in [2.45, 2.75) is 13.0 Å². The van der Waals surface area contributed by atoms with E-state index in [1.54, 1.807) is 18.2 Å². The van der Waals surface area contributed by atoms with E-state index in [-0.39, 0.29) is 12.1 Å².